The van der Waals surface area contributed by atoms with Gasteiger partial charge in [0.1, 0.15) is 5.69 Å². The van der Waals surface area contributed by atoms with Gasteiger partial charge in [-0.1, -0.05) is 42.8 Å². The highest BCUT2D eigenvalue weighted by Crippen LogP contribution is 2.30. The molecule has 0 aromatic heterocycles. The second-order valence-corrected chi connectivity index (χ2v) is 5.48. The number of hydrogen-bond acceptors (Lipinski definition) is 3. The third-order valence-corrected chi connectivity index (χ3v) is 3.78. The lowest BCUT2D eigenvalue weighted by Gasteiger charge is -2.31. The van der Waals surface area contributed by atoms with Gasteiger partial charge in [0.2, 0.25) is 5.70 Å². The maximum atomic E-state index is 12.1. The van der Waals surface area contributed by atoms with Crippen LogP contribution in [0.3, 0.4) is 0 Å². The topological polar surface area (TPSA) is 47.7 Å². The molecule has 0 bridgehead atoms. The second kappa shape index (κ2) is 7.90. The van der Waals surface area contributed by atoms with Crippen molar-refractivity contribution in [2.45, 2.75) is 45.1 Å². The number of allylic oxidation sites excluding steroid dienone is 1. The van der Waals surface area contributed by atoms with E-state index in [4.69, 9.17) is 4.74 Å². The number of ether oxygens (including phenoxy) is 1. The fourth-order valence-electron chi connectivity index (χ4n) is 2.58. The monoisotopic (exact) mass is 300 g/mol. The Morgan fingerprint density at radius 1 is 1.27 bits per heavy atom. The Hall–Kier alpha value is -1.94. The largest absolute Gasteiger partial charge is 0.594 e. The first-order valence-electron chi connectivity index (χ1n) is 7.96. The Morgan fingerprint density at radius 3 is 2.64 bits per heavy atom. The van der Waals surface area contributed by atoms with Crippen LogP contribution in [0, 0.1) is 5.21 Å². The summed E-state index contributed by atoms with van der Waals surface area (Å²) in [6.45, 7) is 4.85. The molecule has 4 nitrogen and oxygen atoms in total. The normalized spacial score (nSPS) is 21.7. The third kappa shape index (κ3) is 4.28. The van der Waals surface area contributed by atoms with Crippen LogP contribution in [-0.4, -0.2) is 17.1 Å². The van der Waals surface area contributed by atoms with E-state index in [1.54, 1.807) is 0 Å². The van der Waals surface area contributed by atoms with Gasteiger partial charge in [0.25, 0.3) is 0 Å². The highest BCUT2D eigenvalue weighted by atomic mass is 16.5. The van der Waals surface area contributed by atoms with Gasteiger partial charge in [0, 0.05) is 24.2 Å². The summed E-state index contributed by atoms with van der Waals surface area (Å²) in [6, 6.07) is 9.25. The summed E-state index contributed by atoms with van der Waals surface area (Å²) in [5, 5.41) is 16.2. The molecule has 1 aromatic carbocycles. The quantitative estimate of drug-likeness (QED) is 0.400. The molecule has 0 heterocycles. The molecule has 1 aliphatic rings. The van der Waals surface area contributed by atoms with Crippen molar-refractivity contribution in [3.63, 3.8) is 0 Å². The van der Waals surface area contributed by atoms with E-state index in [1.807, 2.05) is 55.5 Å². The van der Waals surface area contributed by atoms with E-state index >= 15 is 0 Å². The Labute approximate surface area is 132 Å². The van der Waals surface area contributed by atoms with E-state index in [9.17, 15) is 5.21 Å². The standard InChI is InChI=1S/C18H24N2O2/c1-3-5-13-18(22-4-2)14-11-17(12-15-18)20(21)19-16-9-7-6-8-10-16/h6-12,14H,3-5,13,15H2,1-2H3. The van der Waals surface area contributed by atoms with Crippen LogP contribution in [0.15, 0.2) is 59.4 Å². The lowest BCUT2D eigenvalue weighted by molar-refractivity contribution is -0.468. The van der Waals surface area contributed by atoms with Crippen molar-refractivity contribution in [2.75, 3.05) is 6.61 Å². The van der Waals surface area contributed by atoms with Crippen LogP contribution in [0.1, 0.15) is 39.5 Å². The molecule has 0 saturated carbocycles. The van der Waals surface area contributed by atoms with Gasteiger partial charge in [-0.15, -0.1) is 0 Å². The van der Waals surface area contributed by atoms with Crippen molar-refractivity contribution < 1.29 is 9.60 Å². The van der Waals surface area contributed by atoms with E-state index in [2.05, 4.69) is 12.0 Å². The molecule has 1 unspecified atom stereocenters. The first-order valence-corrected chi connectivity index (χ1v) is 7.96. The summed E-state index contributed by atoms with van der Waals surface area (Å²) in [5.74, 6) is 0. The van der Waals surface area contributed by atoms with Crippen LogP contribution in [0.5, 0.6) is 0 Å². The van der Waals surface area contributed by atoms with Gasteiger partial charge in [-0.2, -0.15) is 0 Å². The molecule has 1 atom stereocenters. The molecular weight excluding hydrogens is 276 g/mol. The van der Waals surface area contributed by atoms with Gasteiger partial charge in [-0.3, -0.25) is 0 Å². The summed E-state index contributed by atoms with van der Waals surface area (Å²) in [6.07, 6.45) is 9.72. The molecule has 0 aliphatic heterocycles. The predicted molar refractivity (Wildman–Crippen MR) is 87.9 cm³/mol. The molecule has 0 amide bonds. The zero-order valence-corrected chi connectivity index (χ0v) is 13.4. The van der Waals surface area contributed by atoms with Crippen molar-refractivity contribution in [3.05, 3.63) is 59.5 Å². The van der Waals surface area contributed by atoms with Crippen molar-refractivity contribution in [3.8, 4) is 0 Å². The third-order valence-electron chi connectivity index (χ3n) is 3.78. The molecule has 22 heavy (non-hydrogen) atoms. The number of rotatable bonds is 7. The van der Waals surface area contributed by atoms with Gasteiger partial charge in [-0.25, -0.2) is 0 Å². The van der Waals surface area contributed by atoms with Gasteiger partial charge in [-0.05, 0) is 37.6 Å². The van der Waals surface area contributed by atoms with E-state index in [0.29, 0.717) is 22.9 Å². The minimum absolute atomic E-state index is 0.262. The molecule has 2 rings (SSSR count). The number of nitrogens with zero attached hydrogens (tertiary/aromatic N) is 2. The lowest BCUT2D eigenvalue weighted by atomic mass is 9.88. The number of unbranched alkanes of at least 4 members (excludes halogenated alkanes) is 1. The SMILES string of the molecule is CCCCC1(OCC)C=CC([N+]([O-])=Nc2ccccc2)=CC1. The molecule has 0 fully saturated rings. The second-order valence-electron chi connectivity index (χ2n) is 5.48. The average Bonchev–Trinajstić information content (AvgIpc) is 2.55. The summed E-state index contributed by atoms with van der Waals surface area (Å²) < 4.78 is 5.94. The number of hydroxylamine groups is 1. The van der Waals surface area contributed by atoms with Crippen LogP contribution in [-0.2, 0) is 4.74 Å². The van der Waals surface area contributed by atoms with Gasteiger partial charge >= 0.3 is 0 Å². The molecule has 0 spiro atoms. The lowest BCUT2D eigenvalue weighted by Crippen LogP contribution is -2.31. The van der Waals surface area contributed by atoms with Gasteiger partial charge in [0.05, 0.1) is 5.60 Å². The Bertz CT molecular complexity index is 564. The number of hydrogen-bond donors (Lipinski definition) is 0. The summed E-state index contributed by atoms with van der Waals surface area (Å²) in [4.78, 5) is 0.682. The minimum atomic E-state index is -0.262. The molecule has 4 heteroatoms. The molecule has 118 valence electrons. The summed E-state index contributed by atoms with van der Waals surface area (Å²) in [5.41, 5.74) is 0.956. The summed E-state index contributed by atoms with van der Waals surface area (Å²) >= 11 is 0. The van der Waals surface area contributed by atoms with Crippen molar-refractivity contribution >= 4 is 5.69 Å². The molecule has 0 N–H and O–H groups in total. The van der Waals surface area contributed by atoms with E-state index < -0.39 is 0 Å². The smallest absolute Gasteiger partial charge is 0.240 e. The van der Waals surface area contributed by atoms with Crippen molar-refractivity contribution in [1.29, 1.82) is 0 Å². The number of benzene rings is 1. The highest BCUT2D eigenvalue weighted by Gasteiger charge is 2.30. The molecule has 0 saturated heterocycles. The van der Waals surface area contributed by atoms with Gasteiger partial charge in [0.15, 0.2) is 0 Å². The zero-order chi connectivity index (χ0) is 15.8. The molecular formula is C18H24N2O2. The van der Waals surface area contributed by atoms with Crippen molar-refractivity contribution in [2.24, 2.45) is 5.11 Å². The van der Waals surface area contributed by atoms with Crippen LogP contribution in [0.25, 0.3) is 0 Å². The molecule has 1 aliphatic carbocycles. The van der Waals surface area contributed by atoms with Crippen LogP contribution in [0.2, 0.25) is 0 Å². The fraction of sp³-hybridized carbons (Fsp3) is 0.444. The Balaban J connectivity index is 2.10. The van der Waals surface area contributed by atoms with E-state index in [-0.39, 0.29) is 5.60 Å². The Morgan fingerprint density at radius 2 is 2.05 bits per heavy atom. The predicted octanol–water partition coefficient (Wildman–Crippen LogP) is 5.09. The maximum Gasteiger partial charge on any atom is 0.240 e. The summed E-state index contributed by atoms with van der Waals surface area (Å²) in [7, 11) is 0. The van der Waals surface area contributed by atoms with Crippen LogP contribution < -0.4 is 0 Å². The van der Waals surface area contributed by atoms with E-state index in [1.165, 1.54) is 0 Å². The average molecular weight is 300 g/mol. The van der Waals surface area contributed by atoms with Crippen LogP contribution in [0.4, 0.5) is 5.69 Å². The molecule has 0 radical (unpaired) electrons. The first kappa shape index (κ1) is 16.4. The highest BCUT2D eigenvalue weighted by molar-refractivity contribution is 5.34. The first-order chi connectivity index (χ1) is 10.7. The van der Waals surface area contributed by atoms with Crippen molar-refractivity contribution in [1.82, 2.24) is 0 Å². The zero-order valence-electron chi connectivity index (χ0n) is 13.4. The minimum Gasteiger partial charge on any atom is -0.594 e. The Kier molecular flexibility index (Phi) is 5.90. The molecule has 1 aromatic rings. The van der Waals surface area contributed by atoms with Crippen LogP contribution >= 0.6 is 0 Å². The fourth-order valence-corrected chi connectivity index (χ4v) is 2.58. The number of azo groups is 1. The van der Waals surface area contributed by atoms with E-state index in [0.717, 1.165) is 25.7 Å². The van der Waals surface area contributed by atoms with Gasteiger partial charge < -0.3 is 9.94 Å². The maximum absolute atomic E-state index is 12.1.